The molecule has 28 heavy (non-hydrogen) atoms. The Morgan fingerprint density at radius 1 is 1.29 bits per heavy atom. The van der Waals surface area contributed by atoms with Crippen LogP contribution in [0.25, 0.3) is 0 Å². The van der Waals surface area contributed by atoms with E-state index in [1.165, 1.54) is 24.3 Å². The Balaban J connectivity index is 1.84. The van der Waals surface area contributed by atoms with Crippen LogP contribution in [0, 0.1) is 5.92 Å². The van der Waals surface area contributed by atoms with Crippen molar-refractivity contribution >= 4 is 34.5 Å². The van der Waals surface area contributed by atoms with Gasteiger partial charge in [0, 0.05) is 0 Å². The van der Waals surface area contributed by atoms with Crippen molar-refractivity contribution in [2.24, 2.45) is 5.92 Å². The molecule has 0 bridgehead atoms. The monoisotopic (exact) mass is 430 g/mol. The van der Waals surface area contributed by atoms with Crippen molar-refractivity contribution in [1.82, 2.24) is 10.6 Å². The highest BCUT2D eigenvalue weighted by Gasteiger charge is 2.65. The number of benzene rings is 1. The van der Waals surface area contributed by atoms with E-state index in [4.69, 9.17) is 21.7 Å². The topological polar surface area (TPSA) is 79.8 Å². The van der Waals surface area contributed by atoms with Crippen LogP contribution in [0.2, 0.25) is 0 Å². The van der Waals surface area contributed by atoms with Gasteiger partial charge < -0.3 is 25.2 Å². The molecule has 3 heterocycles. The van der Waals surface area contributed by atoms with Crippen LogP contribution in [0.15, 0.2) is 35.7 Å². The number of aliphatic hydroxyl groups is 1. The lowest BCUT2D eigenvalue weighted by atomic mass is 9.78. The van der Waals surface area contributed by atoms with Crippen LogP contribution in [0.1, 0.15) is 21.3 Å². The van der Waals surface area contributed by atoms with Gasteiger partial charge >= 0.3 is 6.18 Å². The molecule has 0 unspecified atom stereocenters. The van der Waals surface area contributed by atoms with Gasteiger partial charge in [-0.15, -0.1) is 11.3 Å². The number of thiophene rings is 1. The Labute approximate surface area is 166 Å². The largest absolute Gasteiger partial charge is 0.454 e. The van der Waals surface area contributed by atoms with Crippen LogP contribution in [-0.4, -0.2) is 34.7 Å². The van der Waals surface area contributed by atoms with Gasteiger partial charge in [-0.2, -0.15) is 13.2 Å². The normalized spacial score (nSPS) is 26.5. The summed E-state index contributed by atoms with van der Waals surface area (Å²) in [4.78, 5) is 13.1. The molecule has 1 fully saturated rings. The number of carbonyl (C=O) groups is 1. The standard InChI is InChI=1S/C17H13F3N2O4S2/c18-17(19,20)16(24)12(14(23)11-2-1-5-28-11)13(21-15(27)22-16)8-3-4-9-10(6-8)26-7-25-9/h1-6,12-13,24H,7H2,(H2,21,22,27)/t12-,13+,16+/m1/s1. The first-order valence-corrected chi connectivity index (χ1v) is 9.34. The van der Waals surface area contributed by atoms with Crippen LogP contribution in [0.3, 0.4) is 0 Å². The highest BCUT2D eigenvalue weighted by Crippen LogP contribution is 2.45. The van der Waals surface area contributed by atoms with Gasteiger partial charge in [0.25, 0.3) is 0 Å². The first-order chi connectivity index (χ1) is 13.2. The quantitative estimate of drug-likeness (QED) is 0.511. The Morgan fingerprint density at radius 3 is 2.71 bits per heavy atom. The number of ether oxygens (including phenoxy) is 2. The third kappa shape index (κ3) is 2.99. The molecular formula is C17H13F3N2O4S2. The lowest BCUT2D eigenvalue weighted by Gasteiger charge is -2.46. The Hall–Kier alpha value is -2.37. The fraction of sp³-hybridized carbons (Fsp3) is 0.294. The molecule has 1 aromatic carbocycles. The van der Waals surface area contributed by atoms with E-state index in [0.29, 0.717) is 17.1 Å². The van der Waals surface area contributed by atoms with Crippen LogP contribution in [0.4, 0.5) is 13.2 Å². The summed E-state index contributed by atoms with van der Waals surface area (Å²) in [5, 5.41) is 16.3. The number of nitrogens with one attached hydrogen (secondary N) is 2. The van der Waals surface area contributed by atoms with Crippen LogP contribution in [0.5, 0.6) is 11.5 Å². The zero-order valence-electron chi connectivity index (χ0n) is 13.9. The van der Waals surface area contributed by atoms with Gasteiger partial charge in [0.15, 0.2) is 22.4 Å². The van der Waals surface area contributed by atoms with Crippen molar-refractivity contribution in [1.29, 1.82) is 0 Å². The third-order valence-corrected chi connectivity index (χ3v) is 5.71. The Bertz CT molecular complexity index is 935. The second-order valence-corrected chi connectivity index (χ2v) is 7.63. The molecule has 1 aromatic heterocycles. The fourth-order valence-electron chi connectivity index (χ4n) is 3.30. The Morgan fingerprint density at radius 2 is 2.04 bits per heavy atom. The molecule has 0 amide bonds. The van der Waals surface area contributed by atoms with E-state index in [1.54, 1.807) is 11.4 Å². The molecule has 3 atom stereocenters. The average Bonchev–Trinajstić information content (AvgIpc) is 3.30. The number of rotatable bonds is 3. The number of ketones is 1. The molecule has 6 nitrogen and oxygen atoms in total. The first kappa shape index (κ1) is 19.0. The molecule has 2 aliphatic rings. The van der Waals surface area contributed by atoms with Crippen molar-refractivity contribution in [2.45, 2.75) is 17.9 Å². The molecule has 3 N–H and O–H groups in total. The van der Waals surface area contributed by atoms with Gasteiger partial charge in [0.05, 0.1) is 10.9 Å². The number of alkyl halides is 3. The Kier molecular flexibility index (Phi) is 4.47. The maximum Gasteiger partial charge on any atom is 0.437 e. The van der Waals surface area contributed by atoms with E-state index >= 15 is 0 Å². The lowest BCUT2D eigenvalue weighted by Crippen LogP contribution is -2.72. The minimum Gasteiger partial charge on any atom is -0.454 e. The summed E-state index contributed by atoms with van der Waals surface area (Å²) in [6.45, 7) is -0.0130. The summed E-state index contributed by atoms with van der Waals surface area (Å²) >= 11 is 5.89. The third-order valence-electron chi connectivity index (χ3n) is 4.61. The molecule has 0 saturated carbocycles. The summed E-state index contributed by atoms with van der Waals surface area (Å²) in [7, 11) is 0. The van der Waals surface area contributed by atoms with Gasteiger partial charge in [-0.25, -0.2) is 0 Å². The molecule has 4 rings (SSSR count). The minimum atomic E-state index is -5.16. The number of halogens is 3. The van der Waals surface area contributed by atoms with Crippen LogP contribution < -0.4 is 20.1 Å². The smallest absolute Gasteiger partial charge is 0.437 e. The second kappa shape index (κ2) is 6.61. The molecule has 0 radical (unpaired) electrons. The predicted octanol–water partition coefficient (Wildman–Crippen LogP) is 2.75. The highest BCUT2D eigenvalue weighted by atomic mass is 32.1. The summed E-state index contributed by atoms with van der Waals surface area (Å²) in [6, 6.07) is 6.22. The SMILES string of the molecule is O=C(c1cccs1)[C@H]1[C@H](c2ccc3c(c2)OCO3)NC(=S)N[C@@]1(O)C(F)(F)F. The summed E-state index contributed by atoms with van der Waals surface area (Å²) < 4.78 is 52.1. The summed E-state index contributed by atoms with van der Waals surface area (Å²) in [5.74, 6) is -2.02. The molecule has 2 aromatic rings. The van der Waals surface area contributed by atoms with E-state index < -0.39 is 34.8 Å². The van der Waals surface area contributed by atoms with E-state index in [-0.39, 0.29) is 11.7 Å². The van der Waals surface area contributed by atoms with Gasteiger partial charge in [-0.05, 0) is 41.4 Å². The predicted molar refractivity (Wildman–Crippen MR) is 97.3 cm³/mol. The van der Waals surface area contributed by atoms with E-state index in [1.807, 2.05) is 5.32 Å². The average molecular weight is 430 g/mol. The maximum absolute atomic E-state index is 13.9. The van der Waals surface area contributed by atoms with Gasteiger partial charge in [-0.3, -0.25) is 4.79 Å². The summed E-state index contributed by atoms with van der Waals surface area (Å²) in [6.07, 6.45) is -5.16. The van der Waals surface area contributed by atoms with Gasteiger partial charge in [0.2, 0.25) is 12.5 Å². The molecular weight excluding hydrogens is 417 g/mol. The molecule has 148 valence electrons. The minimum absolute atomic E-state index is 0.0130. The van der Waals surface area contributed by atoms with E-state index in [2.05, 4.69) is 5.32 Å². The number of fused-ring (bicyclic) bond motifs is 1. The first-order valence-electron chi connectivity index (χ1n) is 8.06. The molecule has 1 saturated heterocycles. The van der Waals surface area contributed by atoms with Crippen molar-refractivity contribution in [3.63, 3.8) is 0 Å². The molecule has 2 aliphatic heterocycles. The fourth-order valence-corrected chi connectivity index (χ4v) is 4.28. The number of carbonyl (C=O) groups excluding carboxylic acids is 1. The van der Waals surface area contributed by atoms with Crippen molar-refractivity contribution < 1.29 is 32.5 Å². The van der Waals surface area contributed by atoms with Crippen molar-refractivity contribution in [2.75, 3.05) is 6.79 Å². The maximum atomic E-state index is 13.9. The molecule has 11 heteroatoms. The highest BCUT2D eigenvalue weighted by molar-refractivity contribution is 7.80. The van der Waals surface area contributed by atoms with E-state index in [9.17, 15) is 23.1 Å². The zero-order chi connectivity index (χ0) is 20.1. The second-order valence-electron chi connectivity index (χ2n) is 6.27. The van der Waals surface area contributed by atoms with Crippen LogP contribution in [-0.2, 0) is 0 Å². The summed E-state index contributed by atoms with van der Waals surface area (Å²) in [5.41, 5.74) is -3.25. The number of Topliss-reactive ketones (excluding diaryl/α,β-unsaturated/α-hetero) is 1. The molecule has 0 aliphatic carbocycles. The number of hydrogen-bond acceptors (Lipinski definition) is 6. The zero-order valence-corrected chi connectivity index (χ0v) is 15.6. The number of hydrogen-bond donors (Lipinski definition) is 3. The van der Waals surface area contributed by atoms with E-state index in [0.717, 1.165) is 11.3 Å². The van der Waals surface area contributed by atoms with Crippen molar-refractivity contribution in [3.8, 4) is 11.5 Å². The van der Waals surface area contributed by atoms with Gasteiger partial charge in [0.1, 0.15) is 5.92 Å². The number of thiocarbonyl (C=S) groups is 1. The lowest BCUT2D eigenvalue weighted by molar-refractivity contribution is -0.285. The van der Waals surface area contributed by atoms with Crippen LogP contribution >= 0.6 is 23.6 Å². The molecule has 0 spiro atoms. The van der Waals surface area contributed by atoms with Crippen molar-refractivity contribution in [3.05, 3.63) is 46.2 Å². The van der Waals surface area contributed by atoms with Gasteiger partial charge in [-0.1, -0.05) is 12.1 Å².